The second kappa shape index (κ2) is 13.3. The van der Waals surface area contributed by atoms with E-state index in [1.165, 1.54) is 12.4 Å². The molecule has 2 aromatic heterocycles. The van der Waals surface area contributed by atoms with Gasteiger partial charge in [0.25, 0.3) is 0 Å². The number of primary amides is 1. The molecule has 2 amide bonds. The fourth-order valence-electron chi connectivity index (χ4n) is 5.25. The van der Waals surface area contributed by atoms with Gasteiger partial charge in [0.2, 0.25) is 11.8 Å². The monoisotopic (exact) mass is 577 g/mol. The molecule has 0 aliphatic heterocycles. The van der Waals surface area contributed by atoms with Crippen molar-refractivity contribution in [3.05, 3.63) is 66.5 Å². The predicted molar refractivity (Wildman–Crippen MR) is 155 cm³/mol. The number of H-pyrrole nitrogens is 1. The van der Waals surface area contributed by atoms with Crippen LogP contribution >= 0.6 is 12.4 Å². The van der Waals surface area contributed by atoms with Gasteiger partial charge in [-0.2, -0.15) is 0 Å². The average molecular weight is 578 g/mol. The van der Waals surface area contributed by atoms with E-state index in [4.69, 9.17) is 11.5 Å². The first kappa shape index (κ1) is 29.6. The van der Waals surface area contributed by atoms with E-state index in [0.717, 1.165) is 29.5 Å². The number of halogens is 1. The maximum absolute atomic E-state index is 14.1. The number of nitrogens with zero attached hydrogens (tertiary/aromatic N) is 6. The van der Waals surface area contributed by atoms with Gasteiger partial charge in [-0.25, -0.2) is 15.1 Å². The molecule has 6 N–H and O–H groups in total. The van der Waals surface area contributed by atoms with Crippen molar-refractivity contribution in [1.82, 2.24) is 30.6 Å². The third-order valence-corrected chi connectivity index (χ3v) is 7.50. The van der Waals surface area contributed by atoms with Gasteiger partial charge in [0.05, 0.1) is 0 Å². The van der Waals surface area contributed by atoms with E-state index < -0.39 is 11.9 Å². The van der Waals surface area contributed by atoms with E-state index in [0.29, 0.717) is 42.4 Å². The molecule has 0 radical (unpaired) electrons. The van der Waals surface area contributed by atoms with Crippen LogP contribution in [0.15, 0.2) is 60.9 Å². The molecule has 1 fully saturated rings. The summed E-state index contributed by atoms with van der Waals surface area (Å²) in [5.74, 6) is -0.0672. The van der Waals surface area contributed by atoms with Gasteiger partial charge < -0.3 is 16.6 Å². The van der Waals surface area contributed by atoms with E-state index in [1.54, 1.807) is 29.2 Å². The SMILES string of the molecule is Cl.NC[C@H]1CC[C@H](C(=O)N(c2ccc(-c3nnn[nH]3)cc2)[C@@H](Cc2cccc(-c3cnc(O)nc3)c2)C(N)=O)CC1. The summed E-state index contributed by atoms with van der Waals surface area (Å²) in [6, 6.07) is 13.4. The minimum Gasteiger partial charge on any atom is -0.479 e. The van der Waals surface area contributed by atoms with Gasteiger partial charge in [0, 0.05) is 41.5 Å². The number of anilines is 1. The molecule has 214 valence electrons. The standard InChI is InChI=1S/C28H31N9O3.ClH/c29-14-17-4-6-20(7-5-17)27(39)37(23-10-8-19(9-11-23)26-33-35-36-34-26)24(25(30)38)13-18-2-1-3-21(12-18)22-15-31-28(40)32-16-22;/h1-3,8-12,15-17,20,24H,4-7,13-14,29H2,(H2,30,38)(H,31,32,40)(H,33,34,35,36);1H/t17-,20-,24-;/m0./s1. The Morgan fingerprint density at radius 1 is 1.00 bits per heavy atom. The summed E-state index contributed by atoms with van der Waals surface area (Å²) in [5.41, 5.74) is 15.5. The highest BCUT2D eigenvalue weighted by atomic mass is 35.5. The number of hydrogen-bond acceptors (Lipinski definition) is 9. The second-order valence-corrected chi connectivity index (χ2v) is 10.1. The van der Waals surface area contributed by atoms with Crippen LogP contribution in [0.4, 0.5) is 5.69 Å². The van der Waals surface area contributed by atoms with Gasteiger partial charge in [-0.15, -0.1) is 17.5 Å². The van der Waals surface area contributed by atoms with Crippen LogP contribution in [0.25, 0.3) is 22.5 Å². The molecule has 5 rings (SSSR count). The summed E-state index contributed by atoms with van der Waals surface area (Å²) in [6.07, 6.45) is 6.41. The fraction of sp³-hybridized carbons (Fsp3) is 0.321. The first-order valence-corrected chi connectivity index (χ1v) is 13.2. The van der Waals surface area contributed by atoms with E-state index in [2.05, 4.69) is 30.6 Å². The highest BCUT2D eigenvalue weighted by Gasteiger charge is 2.36. The van der Waals surface area contributed by atoms with Crippen LogP contribution in [0, 0.1) is 11.8 Å². The molecule has 4 aromatic rings. The van der Waals surface area contributed by atoms with E-state index in [9.17, 15) is 14.7 Å². The van der Waals surface area contributed by atoms with Crippen LogP contribution in [-0.4, -0.2) is 60.1 Å². The quantitative estimate of drug-likeness (QED) is 0.231. The van der Waals surface area contributed by atoms with Gasteiger partial charge in [-0.3, -0.25) is 14.5 Å². The van der Waals surface area contributed by atoms with E-state index >= 15 is 0 Å². The smallest absolute Gasteiger partial charge is 0.313 e. The van der Waals surface area contributed by atoms with E-state index in [1.807, 2.05) is 24.3 Å². The average Bonchev–Trinajstić information content (AvgIpc) is 3.53. The summed E-state index contributed by atoms with van der Waals surface area (Å²) in [6.45, 7) is 0.606. The van der Waals surface area contributed by atoms with Crippen LogP contribution in [0.1, 0.15) is 31.2 Å². The van der Waals surface area contributed by atoms with Crippen molar-refractivity contribution in [1.29, 1.82) is 0 Å². The Balaban J connectivity index is 0.00000387. The van der Waals surface area contributed by atoms with Crippen molar-refractivity contribution < 1.29 is 14.7 Å². The molecular weight excluding hydrogens is 546 g/mol. The topological polar surface area (TPSA) is 190 Å². The third kappa shape index (κ3) is 6.84. The normalized spacial score (nSPS) is 17.3. The summed E-state index contributed by atoms with van der Waals surface area (Å²) in [5, 5.41) is 23.3. The Hall–Kier alpha value is -4.42. The Kier molecular flexibility index (Phi) is 9.58. The number of aromatic nitrogens is 6. The lowest BCUT2D eigenvalue weighted by molar-refractivity contribution is -0.127. The number of benzene rings is 2. The van der Waals surface area contributed by atoms with Crippen molar-refractivity contribution in [2.24, 2.45) is 23.3 Å². The number of hydrogen-bond donors (Lipinski definition) is 4. The van der Waals surface area contributed by atoms with Crippen molar-refractivity contribution in [3.8, 4) is 28.5 Å². The first-order valence-electron chi connectivity index (χ1n) is 13.2. The lowest BCUT2D eigenvalue weighted by Gasteiger charge is -2.35. The van der Waals surface area contributed by atoms with Crippen molar-refractivity contribution in [3.63, 3.8) is 0 Å². The number of aromatic amines is 1. The molecular formula is C28H32ClN9O3. The molecule has 13 heteroatoms. The van der Waals surface area contributed by atoms with Crippen molar-refractivity contribution >= 4 is 29.9 Å². The predicted octanol–water partition coefficient (Wildman–Crippen LogP) is 2.65. The summed E-state index contributed by atoms with van der Waals surface area (Å²) >= 11 is 0. The number of carbonyl (C=O) groups is 2. The maximum atomic E-state index is 14.1. The Labute approximate surface area is 243 Å². The first-order chi connectivity index (χ1) is 19.4. The Bertz CT molecular complexity index is 1440. The maximum Gasteiger partial charge on any atom is 0.313 e. The highest BCUT2D eigenvalue weighted by Crippen LogP contribution is 2.33. The Morgan fingerprint density at radius 2 is 1.71 bits per heavy atom. The number of carbonyl (C=O) groups excluding carboxylic acids is 2. The zero-order chi connectivity index (χ0) is 28.1. The van der Waals surface area contributed by atoms with Crippen LogP contribution in [0.3, 0.4) is 0 Å². The molecule has 12 nitrogen and oxygen atoms in total. The van der Waals surface area contributed by atoms with Crippen LogP contribution in [0.2, 0.25) is 0 Å². The summed E-state index contributed by atoms with van der Waals surface area (Å²) < 4.78 is 0. The van der Waals surface area contributed by atoms with Gasteiger partial charge in [-0.05, 0) is 84.0 Å². The molecule has 1 aliphatic carbocycles. The molecule has 0 spiro atoms. The van der Waals surface area contributed by atoms with Gasteiger partial charge in [0.15, 0.2) is 5.82 Å². The van der Waals surface area contributed by atoms with Crippen LogP contribution in [-0.2, 0) is 16.0 Å². The lowest BCUT2D eigenvalue weighted by Crippen LogP contribution is -2.52. The zero-order valence-electron chi connectivity index (χ0n) is 22.3. The fourth-order valence-corrected chi connectivity index (χ4v) is 5.25. The zero-order valence-corrected chi connectivity index (χ0v) is 23.1. The van der Waals surface area contributed by atoms with Crippen LogP contribution < -0.4 is 16.4 Å². The molecule has 1 saturated carbocycles. The molecule has 0 unspecified atom stereocenters. The van der Waals surface area contributed by atoms with Crippen LogP contribution in [0.5, 0.6) is 6.01 Å². The highest BCUT2D eigenvalue weighted by molar-refractivity contribution is 6.01. The van der Waals surface area contributed by atoms with Gasteiger partial charge >= 0.3 is 6.01 Å². The number of aromatic hydroxyl groups is 1. The van der Waals surface area contributed by atoms with Gasteiger partial charge in [-0.1, -0.05) is 24.3 Å². The molecule has 0 bridgehead atoms. The number of rotatable bonds is 9. The number of amides is 2. The summed E-state index contributed by atoms with van der Waals surface area (Å²) in [4.78, 5) is 36.3. The molecule has 0 saturated heterocycles. The third-order valence-electron chi connectivity index (χ3n) is 7.50. The van der Waals surface area contributed by atoms with E-state index in [-0.39, 0.29) is 36.7 Å². The molecule has 1 atom stereocenters. The molecule has 2 heterocycles. The number of nitrogens with two attached hydrogens (primary N) is 2. The molecule has 1 aliphatic rings. The van der Waals surface area contributed by atoms with Crippen molar-refractivity contribution in [2.75, 3.05) is 11.4 Å². The van der Waals surface area contributed by atoms with Crippen molar-refractivity contribution in [2.45, 2.75) is 38.1 Å². The largest absolute Gasteiger partial charge is 0.479 e. The number of tetrazole rings is 1. The second-order valence-electron chi connectivity index (χ2n) is 10.1. The number of nitrogens with one attached hydrogen (secondary N) is 1. The Morgan fingerprint density at radius 3 is 2.32 bits per heavy atom. The molecule has 2 aromatic carbocycles. The minimum atomic E-state index is -0.927. The summed E-state index contributed by atoms with van der Waals surface area (Å²) in [7, 11) is 0. The minimum absolute atomic E-state index is 0. The lowest BCUT2D eigenvalue weighted by atomic mass is 9.81. The molecule has 41 heavy (non-hydrogen) atoms. The van der Waals surface area contributed by atoms with Gasteiger partial charge in [0.1, 0.15) is 6.04 Å².